The maximum Gasteiger partial charge on any atom is 0.147 e. The number of imidazole rings is 1. The quantitative estimate of drug-likeness (QED) is 0.762. The van der Waals surface area contributed by atoms with Gasteiger partial charge in [0.2, 0.25) is 0 Å². The first-order valence-corrected chi connectivity index (χ1v) is 6.29. The highest BCUT2D eigenvalue weighted by Crippen LogP contribution is 2.24. The van der Waals surface area contributed by atoms with Crippen LogP contribution in [0.15, 0.2) is 36.7 Å². The normalized spacial score (nSPS) is 11.1. The van der Waals surface area contributed by atoms with Crippen molar-refractivity contribution in [2.45, 2.75) is 20.4 Å². The molecule has 0 saturated heterocycles. The van der Waals surface area contributed by atoms with Crippen LogP contribution in [0.25, 0.3) is 16.8 Å². The molecule has 4 heteroatoms. The van der Waals surface area contributed by atoms with Crippen LogP contribution in [0.4, 0.5) is 0 Å². The third kappa shape index (κ3) is 2.00. The first kappa shape index (κ1) is 11.9. The van der Waals surface area contributed by atoms with E-state index >= 15 is 0 Å². The van der Waals surface area contributed by atoms with Gasteiger partial charge in [0, 0.05) is 24.5 Å². The van der Waals surface area contributed by atoms with Crippen molar-refractivity contribution in [1.82, 2.24) is 14.4 Å². The number of aromatic nitrogens is 3. The van der Waals surface area contributed by atoms with E-state index in [9.17, 15) is 0 Å². The van der Waals surface area contributed by atoms with Crippen molar-refractivity contribution in [3.8, 4) is 11.1 Å². The first-order valence-electron chi connectivity index (χ1n) is 6.29. The Bertz CT molecular complexity index is 743. The Hall–Kier alpha value is -2.20. The van der Waals surface area contributed by atoms with Gasteiger partial charge in [-0.05, 0) is 19.4 Å². The molecular weight excluding hydrogens is 236 g/mol. The van der Waals surface area contributed by atoms with Crippen LogP contribution in [0.2, 0.25) is 0 Å². The van der Waals surface area contributed by atoms with Gasteiger partial charge in [0.15, 0.2) is 0 Å². The summed E-state index contributed by atoms with van der Waals surface area (Å²) in [5.41, 5.74) is 10.9. The van der Waals surface area contributed by atoms with Crippen molar-refractivity contribution in [2.75, 3.05) is 0 Å². The van der Waals surface area contributed by atoms with Crippen molar-refractivity contribution in [1.29, 1.82) is 0 Å². The molecule has 1 aromatic carbocycles. The van der Waals surface area contributed by atoms with E-state index in [1.807, 2.05) is 29.8 Å². The van der Waals surface area contributed by atoms with Gasteiger partial charge in [-0.2, -0.15) is 0 Å². The van der Waals surface area contributed by atoms with E-state index in [4.69, 9.17) is 5.73 Å². The molecule has 19 heavy (non-hydrogen) atoms. The molecule has 4 nitrogen and oxygen atoms in total. The lowest BCUT2D eigenvalue weighted by Gasteiger charge is -2.06. The molecule has 0 saturated carbocycles. The first-order chi connectivity index (χ1) is 9.19. The highest BCUT2D eigenvalue weighted by Gasteiger charge is 2.10. The van der Waals surface area contributed by atoms with Crippen molar-refractivity contribution in [3.63, 3.8) is 0 Å². The highest BCUT2D eigenvalue weighted by atomic mass is 15.1. The maximum absolute atomic E-state index is 5.68. The number of hydrogen-bond donors (Lipinski definition) is 1. The number of aryl methyl sites for hydroxylation is 2. The summed E-state index contributed by atoms with van der Waals surface area (Å²) in [6.45, 7) is 4.49. The van der Waals surface area contributed by atoms with Gasteiger partial charge in [0.25, 0.3) is 0 Å². The summed E-state index contributed by atoms with van der Waals surface area (Å²) in [6, 6.07) is 8.35. The summed E-state index contributed by atoms with van der Waals surface area (Å²) in [4.78, 5) is 9.04. The molecule has 3 aromatic rings. The second-order valence-electron chi connectivity index (χ2n) is 4.72. The molecule has 0 bridgehead atoms. The standard InChI is InChI=1S/C15H16N4/c1-10-4-3-5-12(6-10)14-8-17-11(2)19-9-13(7-16)18-15(14)19/h3-6,8-9H,7,16H2,1-2H3. The summed E-state index contributed by atoms with van der Waals surface area (Å²) in [5, 5.41) is 0. The molecule has 96 valence electrons. The molecule has 2 heterocycles. The Labute approximate surface area is 111 Å². The fourth-order valence-electron chi connectivity index (χ4n) is 2.26. The predicted molar refractivity (Wildman–Crippen MR) is 75.8 cm³/mol. The number of nitrogens with zero attached hydrogens (tertiary/aromatic N) is 3. The third-order valence-electron chi connectivity index (χ3n) is 3.26. The van der Waals surface area contributed by atoms with Crippen molar-refractivity contribution >= 4 is 5.65 Å². The third-order valence-corrected chi connectivity index (χ3v) is 3.26. The molecule has 0 atom stereocenters. The van der Waals surface area contributed by atoms with Gasteiger partial charge < -0.3 is 5.73 Å². The zero-order valence-corrected chi connectivity index (χ0v) is 11.1. The van der Waals surface area contributed by atoms with E-state index < -0.39 is 0 Å². The van der Waals surface area contributed by atoms with Crippen LogP contribution in [-0.4, -0.2) is 14.4 Å². The Morgan fingerprint density at radius 2 is 2.11 bits per heavy atom. The fourth-order valence-corrected chi connectivity index (χ4v) is 2.26. The number of rotatable bonds is 2. The molecule has 0 aliphatic carbocycles. The van der Waals surface area contributed by atoms with Crippen LogP contribution in [-0.2, 0) is 6.54 Å². The van der Waals surface area contributed by atoms with E-state index in [0.29, 0.717) is 6.54 Å². The van der Waals surface area contributed by atoms with Crippen LogP contribution in [0, 0.1) is 13.8 Å². The SMILES string of the molecule is Cc1cccc(-c2cnc(C)n3cc(CN)nc23)c1. The molecule has 2 N–H and O–H groups in total. The van der Waals surface area contributed by atoms with E-state index in [0.717, 1.165) is 28.3 Å². The molecular formula is C15H16N4. The Morgan fingerprint density at radius 3 is 2.84 bits per heavy atom. The van der Waals surface area contributed by atoms with Gasteiger partial charge in [-0.1, -0.05) is 29.8 Å². The summed E-state index contributed by atoms with van der Waals surface area (Å²) in [7, 11) is 0. The Balaban J connectivity index is 2.29. The zero-order chi connectivity index (χ0) is 13.4. The summed E-state index contributed by atoms with van der Waals surface area (Å²) in [6.07, 6.45) is 3.84. The van der Waals surface area contributed by atoms with Crippen LogP contribution < -0.4 is 5.73 Å². The van der Waals surface area contributed by atoms with E-state index in [2.05, 4.69) is 35.1 Å². The van der Waals surface area contributed by atoms with Gasteiger partial charge in [0.1, 0.15) is 11.5 Å². The van der Waals surface area contributed by atoms with Gasteiger partial charge in [0.05, 0.1) is 5.69 Å². The van der Waals surface area contributed by atoms with E-state index in [-0.39, 0.29) is 0 Å². The lowest BCUT2D eigenvalue weighted by Crippen LogP contribution is -1.96. The van der Waals surface area contributed by atoms with Gasteiger partial charge in [-0.15, -0.1) is 0 Å². The average Bonchev–Trinajstić information content (AvgIpc) is 2.84. The average molecular weight is 252 g/mol. The van der Waals surface area contributed by atoms with Gasteiger partial charge in [-0.3, -0.25) is 4.40 Å². The number of benzene rings is 1. The van der Waals surface area contributed by atoms with Crippen molar-refractivity contribution in [2.24, 2.45) is 5.73 Å². The van der Waals surface area contributed by atoms with Crippen LogP contribution in [0.5, 0.6) is 0 Å². The lowest BCUT2D eigenvalue weighted by molar-refractivity contribution is 0.979. The van der Waals surface area contributed by atoms with E-state index in [1.54, 1.807) is 0 Å². The number of fused-ring (bicyclic) bond motifs is 1. The molecule has 0 aliphatic rings. The monoisotopic (exact) mass is 252 g/mol. The summed E-state index contributed by atoms with van der Waals surface area (Å²) < 4.78 is 2.00. The summed E-state index contributed by atoms with van der Waals surface area (Å²) in [5.74, 6) is 0.915. The van der Waals surface area contributed by atoms with Crippen molar-refractivity contribution in [3.05, 3.63) is 53.7 Å². The highest BCUT2D eigenvalue weighted by molar-refractivity contribution is 5.77. The predicted octanol–water partition coefficient (Wildman–Crippen LogP) is 2.47. The van der Waals surface area contributed by atoms with Crippen LogP contribution in [0.3, 0.4) is 0 Å². The topological polar surface area (TPSA) is 56.2 Å². The molecule has 0 fully saturated rings. The summed E-state index contributed by atoms with van der Waals surface area (Å²) >= 11 is 0. The molecule has 0 radical (unpaired) electrons. The Morgan fingerprint density at radius 1 is 1.26 bits per heavy atom. The largest absolute Gasteiger partial charge is 0.325 e. The van der Waals surface area contributed by atoms with Gasteiger partial charge >= 0.3 is 0 Å². The number of nitrogens with two attached hydrogens (primary N) is 1. The molecule has 3 rings (SSSR count). The minimum absolute atomic E-state index is 0.439. The molecule has 0 spiro atoms. The molecule has 2 aromatic heterocycles. The minimum atomic E-state index is 0.439. The molecule has 0 amide bonds. The van der Waals surface area contributed by atoms with Crippen molar-refractivity contribution < 1.29 is 0 Å². The second-order valence-corrected chi connectivity index (χ2v) is 4.72. The molecule has 0 unspecified atom stereocenters. The Kier molecular flexibility index (Phi) is 2.80. The lowest BCUT2D eigenvalue weighted by atomic mass is 10.1. The smallest absolute Gasteiger partial charge is 0.147 e. The number of hydrogen-bond acceptors (Lipinski definition) is 3. The fraction of sp³-hybridized carbons (Fsp3) is 0.200. The zero-order valence-electron chi connectivity index (χ0n) is 11.1. The van der Waals surface area contributed by atoms with Crippen LogP contribution in [0.1, 0.15) is 17.1 Å². The maximum atomic E-state index is 5.68. The van der Waals surface area contributed by atoms with Crippen LogP contribution >= 0.6 is 0 Å². The van der Waals surface area contributed by atoms with Gasteiger partial charge in [-0.25, -0.2) is 9.97 Å². The minimum Gasteiger partial charge on any atom is -0.325 e. The van der Waals surface area contributed by atoms with E-state index in [1.165, 1.54) is 5.56 Å². The molecule has 0 aliphatic heterocycles. The second kappa shape index (κ2) is 4.48.